The minimum absolute atomic E-state index is 0.0282. The van der Waals surface area contributed by atoms with E-state index < -0.39 is 0 Å². The number of methoxy groups -OCH3 is 1. The van der Waals surface area contributed by atoms with Crippen LogP contribution in [0, 0.1) is 0 Å². The number of ether oxygens (including phenoxy) is 2. The summed E-state index contributed by atoms with van der Waals surface area (Å²) in [5.74, 6) is 2.19. The second-order valence-corrected chi connectivity index (χ2v) is 6.74. The van der Waals surface area contributed by atoms with E-state index >= 15 is 0 Å². The molecule has 1 saturated heterocycles. The molecule has 1 aliphatic rings. The van der Waals surface area contributed by atoms with Crippen molar-refractivity contribution >= 4 is 11.6 Å². The van der Waals surface area contributed by atoms with Crippen molar-refractivity contribution in [2.24, 2.45) is 4.99 Å². The molecule has 0 bridgehead atoms. The molecule has 0 aromatic heterocycles. The second-order valence-electron chi connectivity index (χ2n) is 6.74. The highest BCUT2D eigenvalue weighted by Gasteiger charge is 2.15. The van der Waals surface area contributed by atoms with Gasteiger partial charge >= 0.3 is 0 Å². The van der Waals surface area contributed by atoms with Crippen LogP contribution in [0.15, 0.2) is 53.5 Å². The number of aliphatic hydroxyl groups excluding tert-OH is 1. The molecule has 3 rings (SSSR count). The Morgan fingerprint density at radius 1 is 1.07 bits per heavy atom. The molecule has 0 aliphatic carbocycles. The van der Waals surface area contributed by atoms with Crippen molar-refractivity contribution in [2.75, 3.05) is 38.7 Å². The first-order valence-corrected chi connectivity index (χ1v) is 9.82. The molecule has 2 N–H and O–H groups in total. The third-order valence-corrected chi connectivity index (χ3v) is 4.67. The van der Waals surface area contributed by atoms with Gasteiger partial charge in [-0.3, -0.25) is 0 Å². The number of likely N-dealkylation sites (tertiary alicyclic amines) is 1. The molecule has 150 valence electrons. The average molecular weight is 383 g/mol. The molecule has 1 fully saturated rings. The van der Waals surface area contributed by atoms with Gasteiger partial charge in [-0.05, 0) is 49.1 Å². The lowest BCUT2D eigenvalue weighted by Gasteiger charge is -2.30. The predicted molar refractivity (Wildman–Crippen MR) is 112 cm³/mol. The summed E-state index contributed by atoms with van der Waals surface area (Å²) in [6, 6.07) is 15.9. The lowest BCUT2D eigenvalue weighted by atomic mass is 10.1. The highest BCUT2D eigenvalue weighted by molar-refractivity contribution is 5.93. The fourth-order valence-corrected chi connectivity index (χ4v) is 3.23. The van der Waals surface area contributed by atoms with Gasteiger partial charge in [-0.1, -0.05) is 24.3 Å². The molecule has 0 atom stereocenters. The van der Waals surface area contributed by atoms with E-state index in [9.17, 15) is 0 Å². The molecule has 1 aliphatic heterocycles. The van der Waals surface area contributed by atoms with E-state index in [1.807, 2.05) is 36.4 Å². The van der Waals surface area contributed by atoms with Gasteiger partial charge in [0.1, 0.15) is 6.61 Å². The minimum atomic E-state index is -0.0282. The highest BCUT2D eigenvalue weighted by atomic mass is 16.5. The van der Waals surface area contributed by atoms with Crippen molar-refractivity contribution in [1.82, 2.24) is 4.90 Å². The Hall–Kier alpha value is -2.73. The summed E-state index contributed by atoms with van der Waals surface area (Å²) < 4.78 is 10.9. The van der Waals surface area contributed by atoms with Crippen molar-refractivity contribution in [3.05, 3.63) is 54.1 Å². The van der Waals surface area contributed by atoms with Gasteiger partial charge in [0.2, 0.25) is 0 Å². The minimum Gasteiger partial charge on any atom is -0.493 e. The standard InChI is InChI=1S/C22H29N3O3/c1-27-21-16-18(10-11-20(21)28-15-14-26)17-23-22(25-12-6-3-7-13-25)24-19-8-4-2-5-9-19/h2,4-5,8-11,16,26H,3,6-7,12-15,17H2,1H3,(H,23,24). The topological polar surface area (TPSA) is 66.3 Å². The maximum atomic E-state index is 8.94. The third-order valence-electron chi connectivity index (χ3n) is 4.67. The number of para-hydroxylation sites is 1. The SMILES string of the molecule is COc1cc(CN=C(Nc2ccccc2)N2CCCCC2)ccc1OCCO. The molecular weight excluding hydrogens is 354 g/mol. The van der Waals surface area contributed by atoms with E-state index in [0.29, 0.717) is 18.0 Å². The number of hydrogen-bond donors (Lipinski definition) is 2. The van der Waals surface area contributed by atoms with Crippen LogP contribution in [0.5, 0.6) is 11.5 Å². The molecule has 0 unspecified atom stereocenters. The summed E-state index contributed by atoms with van der Waals surface area (Å²) in [4.78, 5) is 7.20. The first kappa shape index (κ1) is 20.0. The monoisotopic (exact) mass is 383 g/mol. The van der Waals surface area contributed by atoms with Crippen molar-refractivity contribution < 1.29 is 14.6 Å². The number of nitrogens with zero attached hydrogens (tertiary/aromatic N) is 2. The van der Waals surface area contributed by atoms with E-state index in [1.54, 1.807) is 7.11 Å². The van der Waals surface area contributed by atoms with Crippen LogP contribution in [-0.4, -0.2) is 49.4 Å². The lowest BCUT2D eigenvalue weighted by Crippen LogP contribution is -2.40. The average Bonchev–Trinajstić information content (AvgIpc) is 2.76. The molecular formula is C22H29N3O3. The van der Waals surface area contributed by atoms with Gasteiger partial charge in [-0.2, -0.15) is 0 Å². The Morgan fingerprint density at radius 3 is 2.57 bits per heavy atom. The third kappa shape index (κ3) is 5.63. The number of piperidine rings is 1. The largest absolute Gasteiger partial charge is 0.493 e. The fourth-order valence-electron chi connectivity index (χ4n) is 3.23. The fraction of sp³-hybridized carbons (Fsp3) is 0.409. The van der Waals surface area contributed by atoms with Crippen LogP contribution in [0.2, 0.25) is 0 Å². The quantitative estimate of drug-likeness (QED) is 0.566. The molecule has 0 amide bonds. The first-order chi connectivity index (χ1) is 13.8. The van der Waals surface area contributed by atoms with Crippen molar-refractivity contribution in [1.29, 1.82) is 0 Å². The summed E-state index contributed by atoms with van der Waals surface area (Å²) in [6.07, 6.45) is 3.67. The maximum absolute atomic E-state index is 8.94. The Labute approximate surface area is 166 Å². The Balaban J connectivity index is 1.76. The van der Waals surface area contributed by atoms with Gasteiger partial charge in [0.15, 0.2) is 17.5 Å². The number of rotatable bonds is 7. The zero-order valence-corrected chi connectivity index (χ0v) is 16.4. The molecule has 0 radical (unpaired) electrons. The van der Waals surface area contributed by atoms with Gasteiger partial charge in [-0.15, -0.1) is 0 Å². The smallest absolute Gasteiger partial charge is 0.198 e. The van der Waals surface area contributed by atoms with Crippen molar-refractivity contribution in [2.45, 2.75) is 25.8 Å². The van der Waals surface area contributed by atoms with Gasteiger partial charge in [0.05, 0.1) is 20.3 Å². The lowest BCUT2D eigenvalue weighted by molar-refractivity contribution is 0.196. The molecule has 0 spiro atoms. The van der Waals surface area contributed by atoms with Crippen molar-refractivity contribution in [3.63, 3.8) is 0 Å². The van der Waals surface area contributed by atoms with E-state index in [4.69, 9.17) is 19.6 Å². The Kier molecular flexibility index (Phi) is 7.55. The zero-order valence-electron chi connectivity index (χ0n) is 16.4. The number of guanidine groups is 1. The molecule has 1 heterocycles. The maximum Gasteiger partial charge on any atom is 0.198 e. The predicted octanol–water partition coefficient (Wildman–Crippen LogP) is 3.52. The van der Waals surface area contributed by atoms with Crippen LogP contribution in [0.4, 0.5) is 5.69 Å². The molecule has 2 aromatic rings. The van der Waals surface area contributed by atoms with E-state index in [0.717, 1.165) is 30.3 Å². The normalized spacial score (nSPS) is 14.6. The molecule has 28 heavy (non-hydrogen) atoms. The van der Waals surface area contributed by atoms with Crippen LogP contribution in [0.3, 0.4) is 0 Å². The van der Waals surface area contributed by atoms with Crippen LogP contribution >= 0.6 is 0 Å². The number of anilines is 1. The van der Waals surface area contributed by atoms with Crippen LogP contribution < -0.4 is 14.8 Å². The number of aliphatic hydroxyl groups is 1. The summed E-state index contributed by atoms with van der Waals surface area (Å²) in [5, 5.41) is 12.4. The summed E-state index contributed by atoms with van der Waals surface area (Å²) in [5.41, 5.74) is 2.08. The Bertz CT molecular complexity index is 759. The number of nitrogens with one attached hydrogen (secondary N) is 1. The zero-order chi connectivity index (χ0) is 19.6. The van der Waals surface area contributed by atoms with E-state index in [-0.39, 0.29) is 13.2 Å². The molecule has 0 saturated carbocycles. The highest BCUT2D eigenvalue weighted by Crippen LogP contribution is 2.28. The van der Waals surface area contributed by atoms with Crippen LogP contribution in [-0.2, 0) is 6.54 Å². The first-order valence-electron chi connectivity index (χ1n) is 9.82. The Morgan fingerprint density at radius 2 is 1.86 bits per heavy atom. The van der Waals surface area contributed by atoms with Gasteiger partial charge < -0.3 is 24.8 Å². The summed E-state index contributed by atoms with van der Waals surface area (Å²) in [6.45, 7) is 2.81. The molecule has 6 nitrogen and oxygen atoms in total. The van der Waals surface area contributed by atoms with Gasteiger partial charge in [0, 0.05) is 18.8 Å². The van der Waals surface area contributed by atoms with E-state index in [2.05, 4.69) is 22.3 Å². The number of hydrogen-bond acceptors (Lipinski definition) is 4. The van der Waals surface area contributed by atoms with Gasteiger partial charge in [0.25, 0.3) is 0 Å². The van der Waals surface area contributed by atoms with Crippen molar-refractivity contribution in [3.8, 4) is 11.5 Å². The summed E-state index contributed by atoms with van der Waals surface area (Å²) >= 11 is 0. The van der Waals surface area contributed by atoms with Crippen LogP contribution in [0.1, 0.15) is 24.8 Å². The second kappa shape index (κ2) is 10.6. The molecule has 2 aromatic carbocycles. The van der Waals surface area contributed by atoms with Crippen LogP contribution in [0.25, 0.3) is 0 Å². The number of benzene rings is 2. The summed E-state index contributed by atoms with van der Waals surface area (Å²) in [7, 11) is 1.62. The van der Waals surface area contributed by atoms with Gasteiger partial charge in [-0.25, -0.2) is 4.99 Å². The number of aliphatic imine (C=N–C) groups is 1. The van der Waals surface area contributed by atoms with E-state index in [1.165, 1.54) is 19.3 Å². The molecule has 6 heteroatoms.